The Bertz CT molecular complexity index is 989. The van der Waals surface area contributed by atoms with E-state index in [4.69, 9.17) is 11.2 Å². The van der Waals surface area contributed by atoms with Gasteiger partial charge in [-0.1, -0.05) is 18.1 Å². The van der Waals surface area contributed by atoms with Crippen LogP contribution in [0, 0.1) is 23.1 Å². The summed E-state index contributed by atoms with van der Waals surface area (Å²) < 4.78 is 8.46. The number of carbonyl (C=O) groups excluding carboxylic acids is 2. The zero-order chi connectivity index (χ0) is 20.3. The molecule has 1 aliphatic rings. The third-order valence-electron chi connectivity index (χ3n) is 3.75. The molecular weight excluding hydrogens is 715 g/mol. The summed E-state index contributed by atoms with van der Waals surface area (Å²) >= 11 is 7.53. The Morgan fingerprint density at radius 3 is 2.36 bits per heavy atom. The van der Waals surface area contributed by atoms with Crippen LogP contribution >= 0.6 is 79.5 Å². The highest BCUT2D eigenvalue weighted by molar-refractivity contribution is 14.1. The molecule has 142 valence electrons. The summed E-state index contributed by atoms with van der Waals surface area (Å²) in [4.78, 5) is 26.8. The normalized spacial score (nSPS) is 15.2. The number of hydrogen-bond donors (Lipinski definition) is 0. The molecule has 0 saturated carbocycles. The molecule has 0 atom stereocenters. The quantitative estimate of drug-likeness (QED) is 0.224. The molecule has 8 heteroatoms. The van der Waals surface area contributed by atoms with Crippen LogP contribution in [0.2, 0.25) is 0 Å². The van der Waals surface area contributed by atoms with Crippen LogP contribution in [-0.4, -0.2) is 22.7 Å². The second kappa shape index (κ2) is 9.82. The van der Waals surface area contributed by atoms with E-state index in [1.54, 1.807) is 6.08 Å². The highest BCUT2D eigenvalue weighted by Gasteiger charge is 2.35. The first-order chi connectivity index (χ1) is 13.4. The fraction of sp³-hybridized carbons (Fsp3) is 0.100. The molecule has 2 amide bonds. The van der Waals surface area contributed by atoms with Crippen molar-refractivity contribution in [3.8, 4) is 18.1 Å². The van der Waals surface area contributed by atoms with Crippen molar-refractivity contribution in [2.45, 2.75) is 6.54 Å². The van der Waals surface area contributed by atoms with Gasteiger partial charge in [0.15, 0.2) is 0 Å². The highest BCUT2D eigenvalue weighted by Crippen LogP contribution is 2.35. The van der Waals surface area contributed by atoms with Gasteiger partial charge in [0.05, 0.1) is 18.6 Å². The number of terminal acetylenes is 1. The Hall–Kier alpha value is -0.780. The lowest BCUT2D eigenvalue weighted by atomic mass is 10.2. The van der Waals surface area contributed by atoms with Crippen molar-refractivity contribution in [3.63, 3.8) is 0 Å². The van der Waals surface area contributed by atoms with E-state index < -0.39 is 0 Å². The molecule has 3 rings (SSSR count). The Morgan fingerprint density at radius 2 is 1.75 bits per heavy atom. The van der Waals surface area contributed by atoms with E-state index in [1.165, 1.54) is 4.90 Å². The minimum Gasteiger partial charge on any atom is -0.479 e. The van der Waals surface area contributed by atoms with Crippen molar-refractivity contribution in [2.24, 2.45) is 0 Å². The summed E-state index contributed by atoms with van der Waals surface area (Å²) in [5, 5.41) is -0.256. The number of amides is 2. The molecule has 1 aliphatic heterocycles. The Labute approximate surface area is 208 Å². The number of carbonyl (C=O) groups is 2. The Balaban J connectivity index is 1.81. The van der Waals surface area contributed by atoms with E-state index >= 15 is 0 Å². The predicted molar refractivity (Wildman–Crippen MR) is 137 cm³/mol. The van der Waals surface area contributed by atoms with Gasteiger partial charge in [0.2, 0.25) is 0 Å². The Morgan fingerprint density at radius 1 is 1.11 bits per heavy atom. The van der Waals surface area contributed by atoms with Crippen molar-refractivity contribution in [1.29, 1.82) is 0 Å². The molecule has 0 aliphatic carbocycles. The van der Waals surface area contributed by atoms with Gasteiger partial charge in [-0.3, -0.25) is 14.5 Å². The molecule has 0 bridgehead atoms. The van der Waals surface area contributed by atoms with Crippen LogP contribution in [-0.2, 0) is 11.3 Å². The average molecular weight is 727 g/mol. The van der Waals surface area contributed by atoms with Gasteiger partial charge in [-0.2, -0.15) is 0 Å². The summed E-state index contributed by atoms with van der Waals surface area (Å²) in [5.41, 5.74) is 1.75. The molecular formula is C20H12I3NO3S. The van der Waals surface area contributed by atoms with Gasteiger partial charge in [-0.25, -0.2) is 0 Å². The summed E-state index contributed by atoms with van der Waals surface area (Å²) in [7, 11) is 0. The van der Waals surface area contributed by atoms with Gasteiger partial charge in [-0.05, 0) is 121 Å². The third-order valence-corrected chi connectivity index (χ3v) is 6.97. The maximum Gasteiger partial charge on any atom is 0.293 e. The largest absolute Gasteiger partial charge is 0.479 e. The SMILES string of the molecule is C#CCOc1c(I)cc(/C=C2\SC(=O)N(Cc3ccc(I)cc3)C2=O)cc1I. The lowest BCUT2D eigenvalue weighted by Crippen LogP contribution is -2.27. The standard InChI is InChI=1S/C20H12I3NO3S/c1-2-7-27-18-15(22)8-13(9-16(18)23)10-17-19(25)24(20(26)28-17)11-12-3-5-14(21)6-4-12/h1,3-6,8-10H,7,11H2/b17-10-. The monoisotopic (exact) mass is 727 g/mol. The predicted octanol–water partition coefficient (Wildman–Crippen LogP) is 5.75. The molecule has 1 fully saturated rings. The molecule has 0 unspecified atom stereocenters. The smallest absolute Gasteiger partial charge is 0.293 e. The summed E-state index contributed by atoms with van der Waals surface area (Å²) in [6.07, 6.45) is 7.00. The first kappa shape index (κ1) is 21.9. The van der Waals surface area contributed by atoms with Gasteiger partial charge >= 0.3 is 0 Å². The summed E-state index contributed by atoms with van der Waals surface area (Å²) in [5.74, 6) is 2.90. The number of nitrogens with zero attached hydrogens (tertiary/aromatic N) is 1. The number of hydrogen-bond acceptors (Lipinski definition) is 4. The second-order valence-electron chi connectivity index (χ2n) is 5.70. The van der Waals surface area contributed by atoms with Crippen LogP contribution in [0.3, 0.4) is 0 Å². The molecule has 1 saturated heterocycles. The number of ether oxygens (including phenoxy) is 1. The molecule has 0 spiro atoms. The van der Waals surface area contributed by atoms with Crippen molar-refractivity contribution < 1.29 is 14.3 Å². The number of thioether (sulfide) groups is 1. The number of halogens is 3. The van der Waals surface area contributed by atoms with Crippen LogP contribution in [0.5, 0.6) is 5.75 Å². The van der Waals surface area contributed by atoms with Crippen LogP contribution in [0.1, 0.15) is 11.1 Å². The van der Waals surface area contributed by atoms with Gasteiger partial charge in [0.1, 0.15) is 12.4 Å². The molecule has 28 heavy (non-hydrogen) atoms. The van der Waals surface area contributed by atoms with E-state index in [-0.39, 0.29) is 24.3 Å². The lowest BCUT2D eigenvalue weighted by Gasteiger charge is -2.12. The summed E-state index contributed by atoms with van der Waals surface area (Å²) in [6, 6.07) is 11.6. The van der Waals surface area contributed by atoms with Gasteiger partial charge in [-0.15, -0.1) is 6.42 Å². The Kier molecular flexibility index (Phi) is 7.68. The lowest BCUT2D eigenvalue weighted by molar-refractivity contribution is -0.123. The number of benzene rings is 2. The maximum absolute atomic E-state index is 12.7. The molecule has 1 heterocycles. The van der Waals surface area contributed by atoms with Crippen LogP contribution < -0.4 is 4.74 Å². The molecule has 2 aromatic rings. The van der Waals surface area contributed by atoms with Crippen molar-refractivity contribution in [1.82, 2.24) is 4.90 Å². The van der Waals surface area contributed by atoms with E-state index in [0.717, 1.165) is 39.3 Å². The minimum absolute atomic E-state index is 0.197. The van der Waals surface area contributed by atoms with Crippen LogP contribution in [0.4, 0.5) is 4.79 Å². The average Bonchev–Trinajstić information content (AvgIpc) is 2.90. The molecule has 0 aromatic heterocycles. The number of rotatable bonds is 5. The van der Waals surface area contributed by atoms with E-state index in [1.807, 2.05) is 36.4 Å². The maximum atomic E-state index is 12.7. The number of imide groups is 1. The highest BCUT2D eigenvalue weighted by atomic mass is 127. The molecule has 0 radical (unpaired) electrons. The van der Waals surface area contributed by atoms with Gasteiger partial charge in [0, 0.05) is 3.57 Å². The molecule has 4 nitrogen and oxygen atoms in total. The van der Waals surface area contributed by atoms with Crippen LogP contribution in [0.25, 0.3) is 6.08 Å². The summed E-state index contributed by atoms with van der Waals surface area (Å²) in [6.45, 7) is 0.468. The van der Waals surface area contributed by atoms with E-state index in [2.05, 4.69) is 73.7 Å². The zero-order valence-electron chi connectivity index (χ0n) is 14.2. The first-order valence-electron chi connectivity index (χ1n) is 7.94. The van der Waals surface area contributed by atoms with E-state index in [9.17, 15) is 9.59 Å². The molecule has 2 aromatic carbocycles. The fourth-order valence-corrected chi connectivity index (χ4v) is 5.80. The third kappa shape index (κ3) is 5.22. The van der Waals surface area contributed by atoms with E-state index in [0.29, 0.717) is 4.91 Å². The van der Waals surface area contributed by atoms with Crippen molar-refractivity contribution >= 4 is 96.8 Å². The fourth-order valence-electron chi connectivity index (χ4n) is 2.47. The first-order valence-corrected chi connectivity index (χ1v) is 12.0. The molecule has 0 N–H and O–H groups in total. The van der Waals surface area contributed by atoms with Crippen molar-refractivity contribution in [3.05, 3.63) is 63.1 Å². The second-order valence-corrected chi connectivity index (χ2v) is 10.3. The topological polar surface area (TPSA) is 46.6 Å². The van der Waals surface area contributed by atoms with Gasteiger partial charge in [0.25, 0.3) is 11.1 Å². The minimum atomic E-state index is -0.272. The van der Waals surface area contributed by atoms with Crippen molar-refractivity contribution in [2.75, 3.05) is 6.61 Å². The van der Waals surface area contributed by atoms with Crippen LogP contribution in [0.15, 0.2) is 41.3 Å². The zero-order valence-corrected chi connectivity index (χ0v) is 21.5. The van der Waals surface area contributed by atoms with Gasteiger partial charge < -0.3 is 4.74 Å².